The number of aliphatic carboxylic acids is 1. The maximum Gasteiger partial charge on any atom is 0.472 e. The molecule has 0 aromatic heterocycles. The van der Waals surface area contributed by atoms with Crippen LogP contribution >= 0.6 is 7.82 Å². The van der Waals surface area contributed by atoms with Gasteiger partial charge in [-0.25, -0.2) is 4.57 Å². The predicted molar refractivity (Wildman–Crippen MR) is 189 cm³/mol. The third-order valence-corrected chi connectivity index (χ3v) is 8.96. The number of phosphoric ester groups is 1. The highest BCUT2D eigenvalue weighted by molar-refractivity contribution is 7.47. The van der Waals surface area contributed by atoms with Crippen molar-refractivity contribution in [3.8, 4) is 0 Å². The van der Waals surface area contributed by atoms with Crippen molar-refractivity contribution in [1.82, 2.24) is 0 Å². The number of rotatable bonds is 35. The van der Waals surface area contributed by atoms with Crippen molar-refractivity contribution in [2.24, 2.45) is 5.73 Å². The van der Waals surface area contributed by atoms with Crippen molar-refractivity contribution in [1.29, 1.82) is 0 Å². The zero-order chi connectivity index (χ0) is 35.7. The summed E-state index contributed by atoms with van der Waals surface area (Å²) >= 11 is 0. The monoisotopic (exact) mass is 705 g/mol. The first-order valence-corrected chi connectivity index (χ1v) is 20.2. The Morgan fingerprint density at radius 1 is 0.625 bits per heavy atom. The van der Waals surface area contributed by atoms with Crippen molar-refractivity contribution in [3.63, 3.8) is 0 Å². The van der Waals surface area contributed by atoms with Crippen LogP contribution in [0.2, 0.25) is 0 Å². The van der Waals surface area contributed by atoms with Crippen molar-refractivity contribution >= 4 is 25.7 Å². The number of allylic oxidation sites excluding steroid dienone is 2. The lowest BCUT2D eigenvalue weighted by atomic mass is 10.1. The van der Waals surface area contributed by atoms with E-state index in [-0.39, 0.29) is 19.4 Å². The smallest absolute Gasteiger partial charge is 0.472 e. The van der Waals surface area contributed by atoms with E-state index in [9.17, 15) is 23.8 Å². The van der Waals surface area contributed by atoms with E-state index >= 15 is 0 Å². The molecule has 0 aliphatic rings. The van der Waals surface area contributed by atoms with Crippen molar-refractivity contribution < 1.29 is 47.5 Å². The number of carbonyl (C=O) groups excluding carboxylic acids is 2. The summed E-state index contributed by atoms with van der Waals surface area (Å²) in [4.78, 5) is 45.6. The highest BCUT2D eigenvalue weighted by atomic mass is 31.2. The van der Waals surface area contributed by atoms with Crippen molar-refractivity contribution in [2.75, 3.05) is 19.8 Å². The molecule has 0 spiro atoms. The van der Waals surface area contributed by atoms with Crippen LogP contribution in [0.3, 0.4) is 0 Å². The first-order chi connectivity index (χ1) is 23.1. The molecule has 0 heterocycles. The Hall–Kier alpha value is -1.78. The Bertz CT molecular complexity index is 885. The summed E-state index contributed by atoms with van der Waals surface area (Å²) < 4.78 is 32.5. The third kappa shape index (κ3) is 31.5. The van der Waals surface area contributed by atoms with E-state index in [1.54, 1.807) is 0 Å². The second-order valence-electron chi connectivity index (χ2n) is 12.7. The minimum atomic E-state index is -4.70. The molecule has 282 valence electrons. The van der Waals surface area contributed by atoms with Gasteiger partial charge in [-0.05, 0) is 38.5 Å². The van der Waals surface area contributed by atoms with Crippen LogP contribution in [0.4, 0.5) is 0 Å². The van der Waals surface area contributed by atoms with Crippen LogP contribution in [0.1, 0.15) is 168 Å². The standard InChI is InChI=1S/C36H68NO10P/c1-3-5-7-9-11-13-15-16-17-18-20-22-24-26-28-35(39)47-32(30-45-48(42,43)46-31-33(37)36(40)41)29-44-34(38)27-25-23-21-19-14-12-10-8-6-4-2/h15-16,32-33H,3-14,17-31,37H2,1-2H3,(H,40,41)(H,42,43)/b16-15-. The number of hydrogen-bond donors (Lipinski definition) is 3. The first kappa shape index (κ1) is 46.2. The molecule has 0 radical (unpaired) electrons. The SMILES string of the molecule is CCCCCCC/C=C\CCCCCCCC(=O)OC(COC(=O)CCCCCCCCCCCC)COP(=O)(O)OCC(N)C(=O)O. The number of carboxylic acids is 1. The summed E-state index contributed by atoms with van der Waals surface area (Å²) in [6, 6.07) is -1.52. The molecule has 0 aliphatic heterocycles. The van der Waals surface area contributed by atoms with Gasteiger partial charge in [0.1, 0.15) is 12.6 Å². The van der Waals surface area contributed by atoms with Crippen molar-refractivity contribution in [3.05, 3.63) is 12.2 Å². The number of carbonyl (C=O) groups is 3. The molecule has 0 saturated carbocycles. The minimum Gasteiger partial charge on any atom is -0.480 e. The molecule has 0 fully saturated rings. The van der Waals surface area contributed by atoms with Gasteiger partial charge in [-0.15, -0.1) is 0 Å². The molecule has 0 aromatic carbocycles. The molecule has 48 heavy (non-hydrogen) atoms. The number of phosphoric acid groups is 1. The largest absolute Gasteiger partial charge is 0.480 e. The van der Waals surface area contributed by atoms with Crippen LogP contribution in [0.25, 0.3) is 0 Å². The molecule has 0 bridgehead atoms. The lowest BCUT2D eigenvalue weighted by Crippen LogP contribution is -2.34. The second kappa shape index (κ2) is 32.4. The van der Waals surface area contributed by atoms with Gasteiger partial charge in [-0.3, -0.25) is 23.4 Å². The molecular formula is C36H68NO10P. The highest BCUT2D eigenvalue weighted by Gasteiger charge is 2.28. The summed E-state index contributed by atoms with van der Waals surface area (Å²) in [7, 11) is -4.70. The van der Waals surface area contributed by atoms with Gasteiger partial charge in [0.15, 0.2) is 6.10 Å². The maximum atomic E-state index is 12.5. The van der Waals surface area contributed by atoms with Gasteiger partial charge in [-0.1, -0.05) is 129 Å². The normalized spacial score (nSPS) is 14.1. The lowest BCUT2D eigenvalue weighted by Gasteiger charge is -2.20. The van der Waals surface area contributed by atoms with Crippen LogP contribution in [-0.2, 0) is 37.5 Å². The average Bonchev–Trinajstić information content (AvgIpc) is 3.05. The average molecular weight is 706 g/mol. The zero-order valence-electron chi connectivity index (χ0n) is 30.1. The molecule has 0 aromatic rings. The third-order valence-electron chi connectivity index (χ3n) is 8.01. The van der Waals surface area contributed by atoms with Gasteiger partial charge in [0.2, 0.25) is 0 Å². The molecule has 11 nitrogen and oxygen atoms in total. The van der Waals surface area contributed by atoms with E-state index in [4.69, 9.17) is 24.8 Å². The molecular weight excluding hydrogens is 637 g/mol. The summed E-state index contributed by atoms with van der Waals surface area (Å²) in [6.07, 6.45) is 28.6. The number of nitrogens with two attached hydrogens (primary N) is 1. The first-order valence-electron chi connectivity index (χ1n) is 18.7. The van der Waals surface area contributed by atoms with E-state index < -0.39 is 51.1 Å². The van der Waals surface area contributed by atoms with Gasteiger partial charge in [0.25, 0.3) is 0 Å². The number of esters is 2. The van der Waals surface area contributed by atoms with Crippen LogP contribution in [0, 0.1) is 0 Å². The Morgan fingerprint density at radius 3 is 1.52 bits per heavy atom. The van der Waals surface area contributed by atoms with E-state index in [1.807, 2.05) is 0 Å². The maximum absolute atomic E-state index is 12.5. The predicted octanol–water partition coefficient (Wildman–Crippen LogP) is 8.95. The van der Waals surface area contributed by atoms with E-state index in [0.29, 0.717) is 12.8 Å². The number of unbranched alkanes of at least 4 members (excludes halogenated alkanes) is 19. The lowest BCUT2D eigenvalue weighted by molar-refractivity contribution is -0.161. The molecule has 0 amide bonds. The zero-order valence-corrected chi connectivity index (χ0v) is 31.0. The Labute approximate surface area is 290 Å². The van der Waals surface area contributed by atoms with Crippen LogP contribution in [-0.4, -0.2) is 59.9 Å². The van der Waals surface area contributed by atoms with Crippen LogP contribution in [0.15, 0.2) is 12.2 Å². The summed E-state index contributed by atoms with van der Waals surface area (Å²) in [5.74, 6) is -2.39. The van der Waals surface area contributed by atoms with Gasteiger partial charge in [-0.2, -0.15) is 0 Å². The molecule has 0 saturated heterocycles. The fraction of sp³-hybridized carbons (Fsp3) is 0.861. The molecule has 3 atom stereocenters. The number of hydrogen-bond acceptors (Lipinski definition) is 9. The second-order valence-corrected chi connectivity index (χ2v) is 14.2. The molecule has 0 rings (SSSR count). The quantitative estimate of drug-likeness (QED) is 0.0249. The van der Waals surface area contributed by atoms with Gasteiger partial charge >= 0.3 is 25.7 Å². The summed E-state index contributed by atoms with van der Waals surface area (Å²) in [5.41, 5.74) is 5.31. The van der Waals surface area contributed by atoms with E-state index in [2.05, 4.69) is 30.5 Å². The van der Waals surface area contributed by atoms with Gasteiger partial charge in [0, 0.05) is 12.8 Å². The molecule has 3 unspecified atom stereocenters. The number of carboxylic acid groups (broad SMARTS) is 1. The fourth-order valence-electron chi connectivity index (χ4n) is 5.00. The molecule has 4 N–H and O–H groups in total. The highest BCUT2D eigenvalue weighted by Crippen LogP contribution is 2.43. The molecule has 12 heteroatoms. The Morgan fingerprint density at radius 2 is 1.04 bits per heavy atom. The van der Waals surface area contributed by atoms with Crippen molar-refractivity contribution in [2.45, 2.75) is 180 Å². The Kier molecular flexibility index (Phi) is 31.2. The van der Waals surface area contributed by atoms with E-state index in [0.717, 1.165) is 57.8 Å². The minimum absolute atomic E-state index is 0.154. The Balaban J connectivity index is 4.46. The van der Waals surface area contributed by atoms with Gasteiger partial charge in [0.05, 0.1) is 13.2 Å². The number of ether oxygens (including phenoxy) is 2. The van der Waals surface area contributed by atoms with Crippen LogP contribution < -0.4 is 5.73 Å². The van der Waals surface area contributed by atoms with Gasteiger partial charge < -0.3 is 25.2 Å². The fourth-order valence-corrected chi connectivity index (χ4v) is 5.78. The van der Waals surface area contributed by atoms with E-state index in [1.165, 1.54) is 70.6 Å². The topological polar surface area (TPSA) is 172 Å². The summed E-state index contributed by atoms with van der Waals surface area (Å²) in [6.45, 7) is 2.75. The molecule has 0 aliphatic carbocycles. The summed E-state index contributed by atoms with van der Waals surface area (Å²) in [5, 5.41) is 8.84. The van der Waals surface area contributed by atoms with Crippen LogP contribution in [0.5, 0.6) is 0 Å².